The molecular weight excluding hydrogens is 340 g/mol. The summed E-state index contributed by atoms with van der Waals surface area (Å²) < 4.78 is 1.58. The lowest BCUT2D eigenvalue weighted by Crippen LogP contribution is -2.14. The van der Waals surface area contributed by atoms with Gasteiger partial charge in [-0.25, -0.2) is 4.68 Å². The van der Waals surface area contributed by atoms with Crippen molar-refractivity contribution < 1.29 is 4.79 Å². The van der Waals surface area contributed by atoms with Crippen molar-refractivity contribution in [3.8, 4) is 5.69 Å². The molecule has 4 rings (SSSR count). The average molecular weight is 358 g/mol. The van der Waals surface area contributed by atoms with E-state index in [4.69, 9.17) is 0 Å². The van der Waals surface area contributed by atoms with E-state index in [2.05, 4.69) is 25.8 Å². The summed E-state index contributed by atoms with van der Waals surface area (Å²) >= 11 is 0. The van der Waals surface area contributed by atoms with Gasteiger partial charge in [0.2, 0.25) is 0 Å². The molecule has 0 saturated heterocycles. The summed E-state index contributed by atoms with van der Waals surface area (Å²) in [7, 11) is 0. The Morgan fingerprint density at radius 2 is 1.89 bits per heavy atom. The topological polar surface area (TPSA) is 85.6 Å². The van der Waals surface area contributed by atoms with E-state index < -0.39 is 0 Å². The van der Waals surface area contributed by atoms with Crippen LogP contribution in [0.2, 0.25) is 0 Å². The number of hydrogen-bond acceptors (Lipinski definition) is 5. The molecule has 0 atom stereocenters. The summed E-state index contributed by atoms with van der Waals surface area (Å²) in [4.78, 5) is 17.4. The van der Waals surface area contributed by atoms with Gasteiger partial charge in [0, 0.05) is 11.1 Å². The Kier molecular flexibility index (Phi) is 4.12. The van der Waals surface area contributed by atoms with Gasteiger partial charge in [0.05, 0.1) is 22.5 Å². The second-order valence-corrected chi connectivity index (χ2v) is 6.53. The first kappa shape index (κ1) is 16.8. The van der Waals surface area contributed by atoms with Gasteiger partial charge in [-0.05, 0) is 73.2 Å². The van der Waals surface area contributed by atoms with Crippen LogP contribution in [0.4, 0.5) is 5.69 Å². The molecule has 7 heteroatoms. The Morgan fingerprint density at radius 1 is 1.04 bits per heavy atom. The monoisotopic (exact) mass is 358 g/mol. The number of aromatic nitrogens is 5. The van der Waals surface area contributed by atoms with E-state index in [-0.39, 0.29) is 5.91 Å². The molecule has 2 aromatic heterocycles. The minimum Gasteiger partial charge on any atom is -0.322 e. The van der Waals surface area contributed by atoms with Crippen molar-refractivity contribution in [3.63, 3.8) is 0 Å². The first-order valence-corrected chi connectivity index (χ1v) is 8.54. The number of amides is 1. The molecule has 1 N–H and O–H groups in total. The van der Waals surface area contributed by atoms with E-state index in [1.165, 1.54) is 6.33 Å². The van der Waals surface area contributed by atoms with Crippen LogP contribution in [0, 0.1) is 20.8 Å². The fourth-order valence-corrected chi connectivity index (χ4v) is 3.08. The third-order valence-corrected chi connectivity index (χ3v) is 4.46. The summed E-state index contributed by atoms with van der Waals surface area (Å²) in [5.41, 5.74) is 5.80. The number of aryl methyl sites for hydroxylation is 3. The number of anilines is 1. The number of fused-ring (bicyclic) bond motifs is 1. The van der Waals surface area contributed by atoms with Crippen molar-refractivity contribution in [1.82, 2.24) is 25.2 Å². The molecular formula is C20H18N6O. The van der Waals surface area contributed by atoms with Crippen LogP contribution >= 0.6 is 0 Å². The zero-order chi connectivity index (χ0) is 19.0. The highest BCUT2D eigenvalue weighted by Crippen LogP contribution is 2.21. The Labute approximate surface area is 156 Å². The fourth-order valence-electron chi connectivity index (χ4n) is 3.08. The first-order valence-electron chi connectivity index (χ1n) is 8.54. The molecule has 0 spiro atoms. The van der Waals surface area contributed by atoms with E-state index >= 15 is 0 Å². The Bertz CT molecular complexity index is 1150. The van der Waals surface area contributed by atoms with Crippen LogP contribution < -0.4 is 5.32 Å². The van der Waals surface area contributed by atoms with E-state index in [1.807, 2.05) is 63.2 Å². The second kappa shape index (κ2) is 6.60. The molecule has 4 aromatic rings. The lowest BCUT2D eigenvalue weighted by Gasteiger charge is -2.11. The lowest BCUT2D eigenvalue weighted by atomic mass is 10.1. The summed E-state index contributed by atoms with van der Waals surface area (Å²) in [6, 6.07) is 13.5. The predicted octanol–water partition coefficient (Wildman–Crippen LogP) is 3.39. The molecule has 2 aromatic carbocycles. The second-order valence-electron chi connectivity index (χ2n) is 6.53. The van der Waals surface area contributed by atoms with Crippen LogP contribution in [0.1, 0.15) is 27.2 Å². The van der Waals surface area contributed by atoms with Gasteiger partial charge in [-0.1, -0.05) is 11.6 Å². The highest BCUT2D eigenvalue weighted by Gasteiger charge is 2.13. The minimum absolute atomic E-state index is 0.182. The summed E-state index contributed by atoms with van der Waals surface area (Å²) in [6.07, 6.45) is 1.53. The number of rotatable bonds is 3. The molecule has 0 fully saturated rings. The maximum Gasteiger partial charge on any atom is 0.257 e. The molecule has 0 aliphatic heterocycles. The van der Waals surface area contributed by atoms with Crippen molar-refractivity contribution >= 4 is 22.5 Å². The number of benzene rings is 2. The Hall–Kier alpha value is -3.61. The van der Waals surface area contributed by atoms with Crippen LogP contribution in [0.15, 0.2) is 48.8 Å². The molecule has 0 unspecified atom stereocenters. The maximum absolute atomic E-state index is 12.8. The highest BCUT2D eigenvalue weighted by atomic mass is 16.1. The van der Waals surface area contributed by atoms with Gasteiger partial charge >= 0.3 is 0 Å². The van der Waals surface area contributed by atoms with Gasteiger partial charge in [0.1, 0.15) is 6.33 Å². The quantitative estimate of drug-likeness (QED) is 0.607. The van der Waals surface area contributed by atoms with E-state index in [9.17, 15) is 4.79 Å². The molecule has 0 bridgehead atoms. The number of pyridine rings is 1. The number of nitrogens with one attached hydrogen (secondary N) is 1. The molecule has 7 nitrogen and oxygen atoms in total. The van der Waals surface area contributed by atoms with Gasteiger partial charge in [0.15, 0.2) is 0 Å². The third-order valence-electron chi connectivity index (χ3n) is 4.46. The first-order chi connectivity index (χ1) is 13.0. The zero-order valence-electron chi connectivity index (χ0n) is 15.3. The molecule has 2 heterocycles. The molecule has 1 amide bonds. The number of tetrazole rings is 1. The average Bonchev–Trinajstić information content (AvgIpc) is 3.16. The van der Waals surface area contributed by atoms with Crippen LogP contribution in [0.3, 0.4) is 0 Å². The summed E-state index contributed by atoms with van der Waals surface area (Å²) in [5, 5.41) is 15.1. The van der Waals surface area contributed by atoms with Crippen molar-refractivity contribution in [2.75, 3.05) is 5.32 Å². The van der Waals surface area contributed by atoms with Gasteiger partial charge < -0.3 is 5.32 Å². The van der Waals surface area contributed by atoms with E-state index in [1.54, 1.807) is 4.68 Å². The maximum atomic E-state index is 12.8. The van der Waals surface area contributed by atoms with Crippen LogP contribution in [0.25, 0.3) is 16.6 Å². The van der Waals surface area contributed by atoms with Crippen molar-refractivity contribution in [3.05, 3.63) is 71.2 Å². The van der Waals surface area contributed by atoms with E-state index in [0.717, 1.165) is 27.7 Å². The number of carbonyl (C=O) groups is 1. The number of nitrogens with zero attached hydrogens (tertiary/aromatic N) is 5. The Balaban J connectivity index is 1.63. The third kappa shape index (κ3) is 3.27. The summed E-state index contributed by atoms with van der Waals surface area (Å²) in [5.74, 6) is -0.182. The van der Waals surface area contributed by atoms with Gasteiger partial charge in [0.25, 0.3) is 5.91 Å². The molecule has 27 heavy (non-hydrogen) atoms. The van der Waals surface area contributed by atoms with Crippen molar-refractivity contribution in [2.24, 2.45) is 0 Å². The van der Waals surface area contributed by atoms with Crippen molar-refractivity contribution in [2.45, 2.75) is 20.8 Å². The van der Waals surface area contributed by atoms with Crippen LogP contribution in [-0.4, -0.2) is 31.1 Å². The largest absolute Gasteiger partial charge is 0.322 e. The predicted molar refractivity (Wildman–Crippen MR) is 103 cm³/mol. The molecule has 0 aliphatic rings. The molecule has 0 radical (unpaired) electrons. The van der Waals surface area contributed by atoms with Crippen LogP contribution in [-0.2, 0) is 0 Å². The van der Waals surface area contributed by atoms with Crippen molar-refractivity contribution in [1.29, 1.82) is 0 Å². The van der Waals surface area contributed by atoms with Crippen LogP contribution in [0.5, 0.6) is 0 Å². The SMILES string of the molecule is Cc1ccc2nc(C)c(C(=O)Nc3ccc(-n4cnnn4)c(C)c3)cc2c1. The highest BCUT2D eigenvalue weighted by molar-refractivity contribution is 6.06. The lowest BCUT2D eigenvalue weighted by molar-refractivity contribution is 0.102. The smallest absolute Gasteiger partial charge is 0.257 e. The number of hydrogen-bond donors (Lipinski definition) is 1. The van der Waals surface area contributed by atoms with E-state index in [0.29, 0.717) is 16.9 Å². The van der Waals surface area contributed by atoms with Gasteiger partial charge in [-0.3, -0.25) is 9.78 Å². The zero-order valence-corrected chi connectivity index (χ0v) is 15.3. The summed E-state index contributed by atoms with van der Waals surface area (Å²) in [6.45, 7) is 5.81. The van der Waals surface area contributed by atoms with Gasteiger partial charge in [-0.15, -0.1) is 5.10 Å². The van der Waals surface area contributed by atoms with Gasteiger partial charge in [-0.2, -0.15) is 0 Å². The molecule has 0 aliphatic carbocycles. The standard InChI is InChI=1S/C20H18N6O/c1-12-4-6-18-15(8-12)10-17(14(3)22-18)20(27)23-16-5-7-19(13(2)9-16)26-11-21-24-25-26/h4-11H,1-3H3,(H,23,27). The fraction of sp³-hybridized carbons (Fsp3) is 0.150. The molecule has 0 saturated carbocycles. The Morgan fingerprint density at radius 3 is 2.63 bits per heavy atom. The normalized spacial score (nSPS) is 10.9. The molecule has 134 valence electrons. The number of carbonyl (C=O) groups excluding carboxylic acids is 1. The minimum atomic E-state index is -0.182.